The Labute approximate surface area is 104 Å². The molecule has 0 bridgehead atoms. The minimum absolute atomic E-state index is 0.211. The molecule has 1 fully saturated rings. The van der Waals surface area contributed by atoms with Crippen molar-refractivity contribution in [2.75, 3.05) is 11.4 Å². The lowest BCUT2D eigenvalue weighted by Crippen LogP contribution is -2.49. The van der Waals surface area contributed by atoms with Gasteiger partial charge >= 0.3 is 6.03 Å². The Balaban J connectivity index is 1.99. The van der Waals surface area contributed by atoms with Gasteiger partial charge in [-0.2, -0.15) is 0 Å². The summed E-state index contributed by atoms with van der Waals surface area (Å²) in [6.45, 7) is 0.434. The molecule has 1 aromatic heterocycles. The number of benzene rings is 1. The fourth-order valence-corrected chi connectivity index (χ4v) is 2.25. The van der Waals surface area contributed by atoms with Crippen LogP contribution in [-0.4, -0.2) is 23.1 Å². The Hall–Kier alpha value is -2.30. The van der Waals surface area contributed by atoms with Crippen LogP contribution in [0.4, 0.5) is 10.5 Å². The van der Waals surface area contributed by atoms with E-state index in [9.17, 15) is 9.59 Å². The van der Waals surface area contributed by atoms with Crippen molar-refractivity contribution in [2.24, 2.45) is 7.05 Å². The lowest BCUT2D eigenvalue weighted by Gasteiger charge is -2.26. The van der Waals surface area contributed by atoms with Gasteiger partial charge in [0.05, 0.1) is 0 Å². The topological polar surface area (TPSA) is 54.3 Å². The van der Waals surface area contributed by atoms with Crippen LogP contribution in [0.3, 0.4) is 0 Å². The molecular weight excluding hydrogens is 230 g/mol. The van der Waals surface area contributed by atoms with Crippen molar-refractivity contribution >= 4 is 28.5 Å². The number of anilines is 1. The van der Waals surface area contributed by atoms with Crippen molar-refractivity contribution in [3.8, 4) is 0 Å². The van der Waals surface area contributed by atoms with Crippen molar-refractivity contribution in [1.82, 2.24) is 9.88 Å². The Bertz CT molecular complexity index is 645. The Morgan fingerprint density at radius 2 is 2.06 bits per heavy atom. The number of carbonyl (C=O) groups excluding carboxylic acids is 2. The van der Waals surface area contributed by atoms with Gasteiger partial charge in [-0.05, 0) is 24.3 Å². The second kappa shape index (κ2) is 3.87. The summed E-state index contributed by atoms with van der Waals surface area (Å²) in [6, 6.07) is 7.50. The largest absolute Gasteiger partial charge is 0.351 e. The first kappa shape index (κ1) is 10.8. The maximum absolute atomic E-state index is 11.7. The number of imide groups is 1. The highest BCUT2D eigenvalue weighted by Crippen LogP contribution is 2.23. The number of aryl methyl sites for hydroxylation is 1. The zero-order chi connectivity index (χ0) is 12.7. The van der Waals surface area contributed by atoms with Gasteiger partial charge < -0.3 is 4.57 Å². The highest BCUT2D eigenvalue weighted by Gasteiger charge is 2.24. The maximum atomic E-state index is 11.7. The molecule has 0 aliphatic carbocycles. The molecule has 3 rings (SSSR count). The summed E-state index contributed by atoms with van der Waals surface area (Å²) in [4.78, 5) is 24.4. The molecule has 5 nitrogen and oxygen atoms in total. The minimum Gasteiger partial charge on any atom is -0.351 e. The molecular formula is C13H13N3O2. The van der Waals surface area contributed by atoms with E-state index in [4.69, 9.17) is 0 Å². The van der Waals surface area contributed by atoms with Gasteiger partial charge in [-0.25, -0.2) is 4.79 Å². The summed E-state index contributed by atoms with van der Waals surface area (Å²) in [5.74, 6) is -0.211. The first-order valence-corrected chi connectivity index (χ1v) is 5.81. The van der Waals surface area contributed by atoms with E-state index in [1.807, 2.05) is 42.1 Å². The van der Waals surface area contributed by atoms with E-state index < -0.39 is 0 Å². The molecule has 0 saturated carbocycles. The zero-order valence-electron chi connectivity index (χ0n) is 10.0. The lowest BCUT2D eigenvalue weighted by atomic mass is 10.2. The number of nitrogens with zero attached hydrogens (tertiary/aromatic N) is 2. The molecule has 1 aliphatic heterocycles. The average molecular weight is 243 g/mol. The van der Waals surface area contributed by atoms with E-state index in [1.54, 1.807) is 4.90 Å². The van der Waals surface area contributed by atoms with Crippen LogP contribution in [0.2, 0.25) is 0 Å². The van der Waals surface area contributed by atoms with Crippen molar-refractivity contribution in [3.63, 3.8) is 0 Å². The van der Waals surface area contributed by atoms with Gasteiger partial charge in [0.2, 0.25) is 5.91 Å². The van der Waals surface area contributed by atoms with E-state index in [1.165, 1.54) is 0 Å². The Morgan fingerprint density at radius 3 is 2.83 bits per heavy atom. The van der Waals surface area contributed by atoms with E-state index in [0.29, 0.717) is 13.0 Å². The van der Waals surface area contributed by atoms with Gasteiger partial charge in [0.25, 0.3) is 0 Å². The number of aromatic nitrogens is 1. The monoisotopic (exact) mass is 243 g/mol. The van der Waals surface area contributed by atoms with Gasteiger partial charge in [-0.15, -0.1) is 0 Å². The Morgan fingerprint density at radius 1 is 1.22 bits per heavy atom. The summed E-state index contributed by atoms with van der Waals surface area (Å²) in [7, 11) is 1.98. The van der Waals surface area contributed by atoms with E-state index in [0.717, 1.165) is 16.6 Å². The van der Waals surface area contributed by atoms with Crippen LogP contribution in [0.5, 0.6) is 0 Å². The van der Waals surface area contributed by atoms with Crippen LogP contribution in [0.1, 0.15) is 6.42 Å². The molecule has 1 N–H and O–H groups in total. The van der Waals surface area contributed by atoms with Gasteiger partial charge in [0, 0.05) is 42.8 Å². The number of fused-ring (bicyclic) bond motifs is 1. The van der Waals surface area contributed by atoms with Gasteiger partial charge in [0.1, 0.15) is 0 Å². The molecule has 2 aromatic rings. The molecule has 3 amide bonds. The highest BCUT2D eigenvalue weighted by molar-refractivity contribution is 6.06. The molecule has 18 heavy (non-hydrogen) atoms. The molecule has 2 heterocycles. The molecule has 5 heteroatoms. The van der Waals surface area contributed by atoms with Crippen molar-refractivity contribution < 1.29 is 9.59 Å². The first-order chi connectivity index (χ1) is 8.65. The van der Waals surface area contributed by atoms with Gasteiger partial charge in [-0.3, -0.25) is 15.0 Å². The third-order valence-corrected chi connectivity index (χ3v) is 3.23. The van der Waals surface area contributed by atoms with Crippen LogP contribution >= 0.6 is 0 Å². The fourth-order valence-electron chi connectivity index (χ4n) is 2.25. The molecule has 1 aromatic carbocycles. The molecule has 92 valence electrons. The van der Waals surface area contributed by atoms with Gasteiger partial charge in [0.15, 0.2) is 0 Å². The van der Waals surface area contributed by atoms with Gasteiger partial charge in [-0.1, -0.05) is 0 Å². The second-order valence-corrected chi connectivity index (χ2v) is 4.42. The number of hydrogen-bond acceptors (Lipinski definition) is 2. The number of urea groups is 1. The van der Waals surface area contributed by atoms with Crippen molar-refractivity contribution in [2.45, 2.75) is 6.42 Å². The predicted molar refractivity (Wildman–Crippen MR) is 68.4 cm³/mol. The number of nitrogens with one attached hydrogen (secondary N) is 1. The van der Waals surface area contributed by atoms with E-state index in [-0.39, 0.29) is 11.9 Å². The smallest absolute Gasteiger partial charge is 0.328 e. The third-order valence-electron chi connectivity index (χ3n) is 3.23. The molecule has 0 spiro atoms. The molecule has 0 unspecified atom stereocenters. The Kier molecular flexibility index (Phi) is 2.33. The molecule has 0 radical (unpaired) electrons. The summed E-state index contributed by atoms with van der Waals surface area (Å²) >= 11 is 0. The SMILES string of the molecule is Cn1ccc2cc(N3CCC(=O)NC3=O)ccc21. The first-order valence-electron chi connectivity index (χ1n) is 5.81. The average Bonchev–Trinajstić information content (AvgIpc) is 2.71. The second-order valence-electron chi connectivity index (χ2n) is 4.42. The van der Waals surface area contributed by atoms with E-state index in [2.05, 4.69) is 5.32 Å². The maximum Gasteiger partial charge on any atom is 0.328 e. The molecule has 1 saturated heterocycles. The standard InChI is InChI=1S/C13H13N3O2/c1-15-6-4-9-8-10(2-3-11(9)15)16-7-5-12(17)14-13(16)18/h2-4,6,8H,5,7H2,1H3,(H,14,17,18). The highest BCUT2D eigenvalue weighted by atomic mass is 16.2. The summed E-state index contributed by atoms with van der Waals surface area (Å²) in [5, 5.41) is 3.41. The lowest BCUT2D eigenvalue weighted by molar-refractivity contribution is -0.120. The quantitative estimate of drug-likeness (QED) is 0.827. The zero-order valence-corrected chi connectivity index (χ0v) is 10.0. The number of rotatable bonds is 1. The van der Waals surface area contributed by atoms with Crippen LogP contribution in [-0.2, 0) is 11.8 Å². The van der Waals surface area contributed by atoms with Crippen molar-refractivity contribution in [3.05, 3.63) is 30.5 Å². The molecule has 0 atom stereocenters. The van der Waals surface area contributed by atoms with E-state index >= 15 is 0 Å². The fraction of sp³-hybridized carbons (Fsp3) is 0.231. The summed E-state index contributed by atoms with van der Waals surface area (Å²) < 4.78 is 2.03. The van der Waals surface area contributed by atoms with Crippen LogP contribution in [0.25, 0.3) is 10.9 Å². The number of carbonyl (C=O) groups is 2. The third kappa shape index (κ3) is 1.64. The van der Waals surface area contributed by atoms with Crippen LogP contribution in [0, 0.1) is 0 Å². The summed E-state index contributed by atoms with van der Waals surface area (Å²) in [5.41, 5.74) is 1.94. The molecule has 1 aliphatic rings. The van der Waals surface area contributed by atoms with Crippen LogP contribution in [0.15, 0.2) is 30.5 Å². The summed E-state index contributed by atoms with van der Waals surface area (Å²) in [6.07, 6.45) is 2.33. The number of amides is 3. The predicted octanol–water partition coefficient (Wildman–Crippen LogP) is 1.62. The number of hydrogen-bond donors (Lipinski definition) is 1. The van der Waals surface area contributed by atoms with Crippen molar-refractivity contribution in [1.29, 1.82) is 0 Å². The normalized spacial score (nSPS) is 16.2. The minimum atomic E-state index is -0.346. The van der Waals surface area contributed by atoms with Crippen LogP contribution < -0.4 is 10.2 Å².